The van der Waals surface area contributed by atoms with Crippen LogP contribution in [-0.4, -0.2) is 47.9 Å². The van der Waals surface area contributed by atoms with E-state index in [9.17, 15) is 19.8 Å². The Morgan fingerprint density at radius 3 is 2.52 bits per heavy atom. The summed E-state index contributed by atoms with van der Waals surface area (Å²) in [5.74, 6) is -3.12. The lowest BCUT2D eigenvalue weighted by atomic mass is 9.78. The second kappa shape index (κ2) is 5.54. The van der Waals surface area contributed by atoms with E-state index in [0.717, 1.165) is 6.08 Å². The van der Waals surface area contributed by atoms with Crippen molar-refractivity contribution in [1.82, 2.24) is 0 Å². The highest BCUT2D eigenvalue weighted by molar-refractivity contribution is 6.49. The first-order chi connectivity index (χ1) is 11.9. The Labute approximate surface area is 147 Å². The summed E-state index contributed by atoms with van der Waals surface area (Å²) in [6, 6.07) is 0. The molecule has 0 radical (unpaired) electrons. The minimum absolute atomic E-state index is 0.123. The fraction of sp³-hybridized carbons (Fsp3) is 0.412. The summed E-state index contributed by atoms with van der Waals surface area (Å²) in [6.45, 7) is 0.796. The molecule has 0 bridgehead atoms. The van der Waals surface area contributed by atoms with E-state index in [-0.39, 0.29) is 39.5 Å². The number of phenols is 2. The van der Waals surface area contributed by atoms with Crippen LogP contribution in [0.5, 0.6) is 11.5 Å². The molecule has 3 aliphatic rings. The summed E-state index contributed by atoms with van der Waals surface area (Å²) in [5.41, 5.74) is -0.00428. The number of ether oxygens (including phenoxy) is 3. The second-order valence-corrected chi connectivity index (χ2v) is 6.65. The average Bonchev–Trinajstić information content (AvgIpc) is 3.02. The van der Waals surface area contributed by atoms with E-state index in [1.807, 2.05) is 0 Å². The van der Waals surface area contributed by atoms with Gasteiger partial charge >= 0.3 is 0 Å². The number of phenolic OH excluding ortho intramolecular Hbond substituents is 2. The standard InChI is InChI=1S/C17H15ClO7/c1-23-10-6-17(24-2-3-25-17)5-7-11(10)16(22)12-9(19)4-8(18)15(21)13(12)14(7)20/h4,10,20,22H,2-3,5-6H2,1H3/t10-/m1/s1. The molecule has 2 aliphatic carbocycles. The summed E-state index contributed by atoms with van der Waals surface area (Å²) in [4.78, 5) is 24.6. The van der Waals surface area contributed by atoms with E-state index in [1.54, 1.807) is 0 Å². The largest absolute Gasteiger partial charge is 0.507 e. The first-order valence-corrected chi connectivity index (χ1v) is 8.14. The van der Waals surface area contributed by atoms with Crippen LogP contribution in [0.25, 0.3) is 0 Å². The minimum atomic E-state index is -0.993. The van der Waals surface area contributed by atoms with Gasteiger partial charge in [-0.15, -0.1) is 0 Å². The van der Waals surface area contributed by atoms with Gasteiger partial charge in [0.1, 0.15) is 11.5 Å². The number of methoxy groups -OCH3 is 1. The first kappa shape index (κ1) is 16.5. The van der Waals surface area contributed by atoms with Gasteiger partial charge in [0, 0.05) is 37.2 Å². The predicted octanol–water partition coefficient (Wildman–Crippen LogP) is 1.98. The van der Waals surface area contributed by atoms with Crippen LogP contribution in [0.1, 0.15) is 44.4 Å². The quantitative estimate of drug-likeness (QED) is 0.732. The van der Waals surface area contributed by atoms with Gasteiger partial charge in [0.15, 0.2) is 11.6 Å². The van der Waals surface area contributed by atoms with E-state index in [4.69, 9.17) is 25.8 Å². The third-order valence-electron chi connectivity index (χ3n) is 4.90. The Bertz CT molecular complexity index is 836. The smallest absolute Gasteiger partial charge is 0.209 e. The predicted molar refractivity (Wildman–Crippen MR) is 85.1 cm³/mol. The van der Waals surface area contributed by atoms with Crippen molar-refractivity contribution in [2.45, 2.75) is 24.7 Å². The minimum Gasteiger partial charge on any atom is -0.507 e. The molecule has 1 spiro atoms. The number of Topliss-reactive ketones (excluding diaryl/α,β-unsaturated/α-hetero) is 1. The topological polar surface area (TPSA) is 102 Å². The molecule has 0 saturated carbocycles. The van der Waals surface area contributed by atoms with E-state index in [0.29, 0.717) is 19.6 Å². The number of rotatable bonds is 1. The van der Waals surface area contributed by atoms with Gasteiger partial charge in [0.25, 0.3) is 0 Å². The fourth-order valence-corrected chi connectivity index (χ4v) is 3.99. The Balaban J connectivity index is 1.99. The van der Waals surface area contributed by atoms with Crippen molar-refractivity contribution < 1.29 is 34.0 Å². The molecule has 0 aromatic heterocycles. The monoisotopic (exact) mass is 366 g/mol. The molecule has 4 rings (SSSR count). The lowest BCUT2D eigenvalue weighted by Crippen LogP contribution is -2.40. The molecule has 8 heteroatoms. The number of aromatic hydroxyl groups is 2. The molecule has 1 aromatic carbocycles. The van der Waals surface area contributed by atoms with Gasteiger partial charge in [0.05, 0.1) is 35.5 Å². The van der Waals surface area contributed by atoms with Crippen LogP contribution in [0.15, 0.2) is 11.1 Å². The molecule has 1 aromatic rings. The highest BCUT2D eigenvalue weighted by atomic mass is 35.5. The molecule has 1 atom stereocenters. The molecule has 132 valence electrons. The lowest BCUT2D eigenvalue weighted by molar-refractivity contribution is -0.185. The Kier molecular flexibility index (Phi) is 3.66. The van der Waals surface area contributed by atoms with Gasteiger partial charge < -0.3 is 24.4 Å². The van der Waals surface area contributed by atoms with Crippen LogP contribution in [0, 0.1) is 0 Å². The Hall–Kier alpha value is -1.93. The van der Waals surface area contributed by atoms with Crippen LogP contribution in [0.2, 0.25) is 0 Å². The second-order valence-electron chi connectivity index (χ2n) is 6.24. The van der Waals surface area contributed by atoms with Gasteiger partial charge in [-0.05, 0) is 0 Å². The van der Waals surface area contributed by atoms with E-state index >= 15 is 0 Å². The number of fused-ring (bicyclic) bond motifs is 2. The third kappa shape index (κ3) is 2.23. The average molecular weight is 367 g/mol. The SMILES string of the molecule is CO[C@@H]1CC2(Cc3c(O)c4c(c(O)c31)C(=O)C=C(Cl)C4=O)OCCO2. The number of benzene rings is 1. The van der Waals surface area contributed by atoms with Gasteiger partial charge in [-0.25, -0.2) is 0 Å². The molecule has 1 saturated heterocycles. The van der Waals surface area contributed by atoms with Gasteiger partial charge in [-0.3, -0.25) is 9.59 Å². The van der Waals surface area contributed by atoms with Gasteiger partial charge in [-0.2, -0.15) is 0 Å². The number of hydrogen-bond donors (Lipinski definition) is 2. The summed E-state index contributed by atoms with van der Waals surface area (Å²) in [5, 5.41) is 21.1. The molecule has 7 nitrogen and oxygen atoms in total. The van der Waals surface area contributed by atoms with Crippen molar-refractivity contribution in [2.75, 3.05) is 20.3 Å². The number of carbonyl (C=O) groups excluding carboxylic acids is 2. The van der Waals surface area contributed by atoms with Gasteiger partial charge in [0.2, 0.25) is 5.78 Å². The maximum atomic E-state index is 12.4. The van der Waals surface area contributed by atoms with Crippen LogP contribution in [0.4, 0.5) is 0 Å². The van der Waals surface area contributed by atoms with Crippen LogP contribution >= 0.6 is 11.6 Å². The number of halogens is 1. The molecule has 25 heavy (non-hydrogen) atoms. The van der Waals surface area contributed by atoms with E-state index in [1.165, 1.54) is 7.11 Å². The zero-order chi connectivity index (χ0) is 17.9. The molecule has 1 fully saturated rings. The number of ketones is 2. The van der Waals surface area contributed by atoms with Crippen LogP contribution < -0.4 is 0 Å². The molecule has 0 unspecified atom stereocenters. The summed E-state index contributed by atoms with van der Waals surface area (Å²) in [7, 11) is 1.45. The van der Waals surface area contributed by atoms with Crippen LogP contribution in [-0.2, 0) is 20.6 Å². The number of carbonyl (C=O) groups is 2. The van der Waals surface area contributed by atoms with Crippen molar-refractivity contribution in [2.24, 2.45) is 0 Å². The third-order valence-corrected chi connectivity index (χ3v) is 5.18. The first-order valence-electron chi connectivity index (χ1n) is 7.76. The molecular weight excluding hydrogens is 352 g/mol. The molecular formula is C17H15ClO7. The normalized spacial score (nSPS) is 24.2. The van der Waals surface area contributed by atoms with Gasteiger partial charge in [-0.1, -0.05) is 11.6 Å². The van der Waals surface area contributed by atoms with Crippen molar-refractivity contribution in [3.63, 3.8) is 0 Å². The Morgan fingerprint density at radius 1 is 1.20 bits per heavy atom. The maximum absolute atomic E-state index is 12.4. The molecule has 1 heterocycles. The molecule has 1 aliphatic heterocycles. The zero-order valence-electron chi connectivity index (χ0n) is 13.3. The molecule has 2 N–H and O–H groups in total. The van der Waals surface area contributed by atoms with Crippen molar-refractivity contribution in [3.8, 4) is 11.5 Å². The fourth-order valence-electron chi connectivity index (χ4n) is 3.80. The van der Waals surface area contributed by atoms with Crippen LogP contribution in [0.3, 0.4) is 0 Å². The van der Waals surface area contributed by atoms with E-state index < -0.39 is 29.2 Å². The van der Waals surface area contributed by atoms with Crippen molar-refractivity contribution in [3.05, 3.63) is 33.4 Å². The molecule has 0 amide bonds. The lowest BCUT2D eigenvalue weighted by Gasteiger charge is -2.38. The van der Waals surface area contributed by atoms with Crippen molar-refractivity contribution >= 4 is 23.2 Å². The number of hydrogen-bond acceptors (Lipinski definition) is 7. The number of allylic oxidation sites excluding steroid dienone is 2. The highest BCUT2D eigenvalue weighted by Crippen LogP contribution is 2.52. The van der Waals surface area contributed by atoms with Crippen molar-refractivity contribution in [1.29, 1.82) is 0 Å². The summed E-state index contributed by atoms with van der Waals surface area (Å²) < 4.78 is 16.8. The van der Waals surface area contributed by atoms with E-state index in [2.05, 4.69) is 0 Å². The maximum Gasteiger partial charge on any atom is 0.209 e. The highest BCUT2D eigenvalue weighted by Gasteiger charge is 2.48. The zero-order valence-corrected chi connectivity index (χ0v) is 14.1. The summed E-state index contributed by atoms with van der Waals surface area (Å²) in [6.07, 6.45) is 0.688. The Morgan fingerprint density at radius 2 is 1.88 bits per heavy atom. The summed E-state index contributed by atoms with van der Waals surface area (Å²) >= 11 is 5.80.